The molecule has 0 saturated heterocycles. The number of aromatic amines is 1. The summed E-state index contributed by atoms with van der Waals surface area (Å²) in [7, 11) is 0. The summed E-state index contributed by atoms with van der Waals surface area (Å²) in [6.07, 6.45) is 0. The maximum absolute atomic E-state index is 13.3. The van der Waals surface area contributed by atoms with E-state index >= 15 is 0 Å². The summed E-state index contributed by atoms with van der Waals surface area (Å²) in [5, 5.41) is 19.9. The third kappa shape index (κ3) is 1.79. The van der Waals surface area contributed by atoms with Crippen molar-refractivity contribution in [3.63, 3.8) is 0 Å². The fourth-order valence-corrected chi connectivity index (χ4v) is 3.91. The number of nitrogens with zero attached hydrogens (tertiary/aromatic N) is 2. The number of para-hydroxylation sites is 1. The molecule has 1 atom stereocenters. The predicted molar refractivity (Wildman–Crippen MR) is 97.3 cm³/mol. The van der Waals surface area contributed by atoms with E-state index in [-0.39, 0.29) is 17.4 Å². The van der Waals surface area contributed by atoms with Crippen molar-refractivity contribution in [2.24, 2.45) is 5.73 Å². The molecule has 2 aromatic carbocycles. The van der Waals surface area contributed by atoms with Crippen LogP contribution >= 0.6 is 0 Å². The topological polar surface area (TPSA) is 117 Å². The summed E-state index contributed by atoms with van der Waals surface area (Å²) in [5.41, 5.74) is 7.34. The largest absolute Gasteiger partial charge is 0.440 e. The number of nitriles is 1. The van der Waals surface area contributed by atoms with E-state index in [1.807, 2.05) is 30.3 Å². The number of ether oxygens (including phenoxy) is 1. The lowest BCUT2D eigenvalue weighted by molar-refractivity contribution is -0.118. The molecule has 7 heteroatoms. The molecular weight excluding hydrogens is 342 g/mol. The number of hydrogen-bond acceptors (Lipinski definition) is 5. The molecule has 0 unspecified atom stereocenters. The van der Waals surface area contributed by atoms with Crippen molar-refractivity contribution in [3.05, 3.63) is 77.2 Å². The maximum atomic E-state index is 13.3. The van der Waals surface area contributed by atoms with E-state index in [1.165, 1.54) is 0 Å². The van der Waals surface area contributed by atoms with Gasteiger partial charge in [0.15, 0.2) is 5.82 Å². The third-order valence-electron chi connectivity index (χ3n) is 5.02. The number of H-pyrrole nitrogens is 1. The number of carbonyl (C=O) groups excluding carboxylic acids is 1. The van der Waals surface area contributed by atoms with Gasteiger partial charge in [-0.2, -0.15) is 10.4 Å². The lowest BCUT2D eigenvalue weighted by Gasteiger charge is -2.33. The molecule has 5 rings (SSSR count). The van der Waals surface area contributed by atoms with Crippen molar-refractivity contribution in [1.82, 2.24) is 10.2 Å². The van der Waals surface area contributed by atoms with Crippen molar-refractivity contribution in [3.8, 4) is 23.1 Å². The summed E-state index contributed by atoms with van der Waals surface area (Å²) in [5.74, 6) is 0.370. The number of nitrogens with one attached hydrogen (secondary N) is 2. The van der Waals surface area contributed by atoms with Gasteiger partial charge in [0.25, 0.3) is 0 Å². The highest BCUT2D eigenvalue weighted by Crippen LogP contribution is 2.55. The monoisotopic (exact) mass is 355 g/mol. The van der Waals surface area contributed by atoms with Crippen molar-refractivity contribution in [1.29, 1.82) is 5.26 Å². The Labute approximate surface area is 154 Å². The Kier molecular flexibility index (Phi) is 2.94. The van der Waals surface area contributed by atoms with E-state index in [1.54, 1.807) is 24.3 Å². The summed E-state index contributed by atoms with van der Waals surface area (Å²) >= 11 is 0. The third-order valence-corrected chi connectivity index (χ3v) is 5.02. The average Bonchev–Trinajstić information content (AvgIpc) is 3.22. The van der Waals surface area contributed by atoms with Crippen LogP contribution in [0.3, 0.4) is 0 Å². The van der Waals surface area contributed by atoms with E-state index in [0.717, 1.165) is 5.56 Å². The second kappa shape index (κ2) is 5.22. The summed E-state index contributed by atoms with van der Waals surface area (Å²) in [6.45, 7) is 0. The van der Waals surface area contributed by atoms with Gasteiger partial charge in [-0.3, -0.25) is 9.89 Å². The first kappa shape index (κ1) is 15.2. The molecule has 0 radical (unpaired) electrons. The minimum atomic E-state index is -1.42. The molecule has 2 aliphatic rings. The number of carbonyl (C=O) groups is 1. The first-order chi connectivity index (χ1) is 13.2. The van der Waals surface area contributed by atoms with Gasteiger partial charge in [0.2, 0.25) is 11.8 Å². The van der Waals surface area contributed by atoms with Gasteiger partial charge < -0.3 is 15.8 Å². The Morgan fingerprint density at radius 3 is 2.63 bits per heavy atom. The molecule has 4 N–H and O–H groups in total. The molecule has 2 aliphatic heterocycles. The highest BCUT2D eigenvalue weighted by molar-refractivity contribution is 6.13. The van der Waals surface area contributed by atoms with E-state index in [0.29, 0.717) is 28.4 Å². The van der Waals surface area contributed by atoms with Crippen LogP contribution in [-0.4, -0.2) is 16.1 Å². The van der Waals surface area contributed by atoms with Gasteiger partial charge >= 0.3 is 0 Å². The zero-order chi connectivity index (χ0) is 18.6. The van der Waals surface area contributed by atoms with Gasteiger partial charge in [-0.05, 0) is 11.6 Å². The Morgan fingerprint density at radius 1 is 1.11 bits per heavy atom. The van der Waals surface area contributed by atoms with Crippen LogP contribution in [0, 0.1) is 11.3 Å². The SMILES string of the molecule is N#CC1=C(N)Oc2ccccc2[C@@]12C(=O)Nc1n[nH]c(-c3ccccc3)c12. The summed E-state index contributed by atoms with van der Waals surface area (Å²) in [4.78, 5) is 13.3. The van der Waals surface area contributed by atoms with Crippen molar-refractivity contribution in [2.75, 3.05) is 5.32 Å². The molecule has 27 heavy (non-hydrogen) atoms. The molecule has 0 bridgehead atoms. The lowest BCUT2D eigenvalue weighted by Crippen LogP contribution is -2.42. The van der Waals surface area contributed by atoms with Crippen molar-refractivity contribution in [2.45, 2.75) is 5.41 Å². The predicted octanol–water partition coefficient (Wildman–Crippen LogP) is 2.40. The van der Waals surface area contributed by atoms with E-state index in [4.69, 9.17) is 10.5 Å². The van der Waals surface area contributed by atoms with Crippen LogP contribution in [0.2, 0.25) is 0 Å². The van der Waals surface area contributed by atoms with Gasteiger partial charge in [-0.1, -0.05) is 48.5 Å². The fourth-order valence-electron chi connectivity index (χ4n) is 3.91. The number of anilines is 1. The van der Waals surface area contributed by atoms with Crippen molar-refractivity contribution >= 4 is 11.7 Å². The Bertz CT molecular complexity index is 1170. The van der Waals surface area contributed by atoms with Gasteiger partial charge in [0.1, 0.15) is 22.8 Å². The van der Waals surface area contributed by atoms with E-state index in [9.17, 15) is 10.1 Å². The molecule has 7 nitrogen and oxygen atoms in total. The van der Waals surface area contributed by atoms with Crippen LogP contribution in [0.15, 0.2) is 66.1 Å². The first-order valence-electron chi connectivity index (χ1n) is 8.31. The minimum absolute atomic E-state index is 0.0519. The molecule has 0 aliphatic carbocycles. The van der Waals surface area contributed by atoms with Crippen molar-refractivity contribution < 1.29 is 9.53 Å². The quantitative estimate of drug-likeness (QED) is 0.620. The number of fused-ring (bicyclic) bond motifs is 4. The first-order valence-corrected chi connectivity index (χ1v) is 8.31. The Hall–Kier alpha value is -4.05. The van der Waals surface area contributed by atoms with Crippen LogP contribution < -0.4 is 15.8 Å². The second-order valence-electron chi connectivity index (χ2n) is 6.34. The van der Waals surface area contributed by atoms with Gasteiger partial charge in [0.05, 0.1) is 5.69 Å². The molecule has 3 aromatic rings. The molecule has 1 spiro atoms. The molecule has 1 amide bonds. The van der Waals surface area contributed by atoms with Crippen LogP contribution in [0.5, 0.6) is 5.75 Å². The van der Waals surface area contributed by atoms with E-state index in [2.05, 4.69) is 21.6 Å². The molecule has 0 saturated carbocycles. The van der Waals surface area contributed by atoms with Gasteiger partial charge in [0, 0.05) is 11.1 Å². The van der Waals surface area contributed by atoms with Gasteiger partial charge in [-0.15, -0.1) is 0 Å². The molecular formula is C20H13N5O2. The van der Waals surface area contributed by atoms with Gasteiger partial charge in [-0.25, -0.2) is 0 Å². The zero-order valence-electron chi connectivity index (χ0n) is 14.0. The molecule has 1 aromatic heterocycles. The maximum Gasteiger partial charge on any atom is 0.246 e. The molecule has 3 heterocycles. The highest BCUT2D eigenvalue weighted by atomic mass is 16.5. The number of aromatic nitrogens is 2. The number of rotatable bonds is 1. The lowest BCUT2D eigenvalue weighted by atomic mass is 9.68. The van der Waals surface area contributed by atoms with Crippen LogP contribution in [0.1, 0.15) is 11.1 Å². The standard InChI is InChI=1S/C20H13N5O2/c21-10-13-17(22)27-14-9-5-4-8-12(14)20(13)15-16(11-6-2-1-3-7-11)24-25-18(15)23-19(20)26/h1-9H,22H2,(H2,23,24,25,26)/t20-/m1/s1. The Balaban J connectivity index is 1.91. The van der Waals surface area contributed by atoms with Crippen LogP contribution in [0.4, 0.5) is 5.82 Å². The summed E-state index contributed by atoms with van der Waals surface area (Å²) in [6, 6.07) is 18.7. The summed E-state index contributed by atoms with van der Waals surface area (Å²) < 4.78 is 5.63. The molecule has 0 fully saturated rings. The molecule has 130 valence electrons. The number of nitrogens with two attached hydrogens (primary N) is 1. The normalized spacial score (nSPS) is 19.9. The minimum Gasteiger partial charge on any atom is -0.440 e. The zero-order valence-corrected chi connectivity index (χ0v) is 14.0. The fraction of sp³-hybridized carbons (Fsp3) is 0.0500. The van der Waals surface area contributed by atoms with Crippen LogP contribution in [0.25, 0.3) is 11.3 Å². The number of benzene rings is 2. The Morgan fingerprint density at radius 2 is 1.85 bits per heavy atom. The average molecular weight is 355 g/mol. The number of hydrogen-bond donors (Lipinski definition) is 3. The second-order valence-corrected chi connectivity index (χ2v) is 6.34. The highest BCUT2D eigenvalue weighted by Gasteiger charge is 2.58. The number of amides is 1. The van der Waals surface area contributed by atoms with Crippen LogP contribution in [-0.2, 0) is 10.2 Å². The smallest absolute Gasteiger partial charge is 0.246 e. The van der Waals surface area contributed by atoms with E-state index < -0.39 is 5.41 Å².